The number of fused-ring (bicyclic) bond motifs is 1. The van der Waals surface area contributed by atoms with Crippen LogP contribution in [0.4, 0.5) is 5.69 Å². The third kappa shape index (κ3) is 4.70. The lowest BCUT2D eigenvalue weighted by Crippen LogP contribution is -2.49. The third-order valence-corrected chi connectivity index (χ3v) is 6.15. The van der Waals surface area contributed by atoms with E-state index in [1.54, 1.807) is 24.2 Å². The van der Waals surface area contributed by atoms with Gasteiger partial charge in [-0.15, -0.1) is 0 Å². The molecule has 1 saturated heterocycles. The number of nitrogens with zero attached hydrogens (tertiary/aromatic N) is 5. The Morgan fingerprint density at radius 3 is 2.41 bits per heavy atom. The number of piperazine rings is 1. The molecule has 1 aliphatic heterocycles. The summed E-state index contributed by atoms with van der Waals surface area (Å²) in [6.45, 7) is 3.77. The van der Waals surface area contributed by atoms with Crippen molar-refractivity contribution in [2.24, 2.45) is 7.05 Å². The summed E-state index contributed by atoms with van der Waals surface area (Å²) in [7, 11) is 1.54. The van der Waals surface area contributed by atoms with Gasteiger partial charge in [-0.1, -0.05) is 30.3 Å². The Morgan fingerprint density at radius 2 is 1.74 bits per heavy atom. The second kappa shape index (κ2) is 9.90. The minimum atomic E-state index is -0.596. The Labute approximate surface area is 196 Å². The fourth-order valence-corrected chi connectivity index (χ4v) is 4.25. The highest BCUT2D eigenvalue weighted by atomic mass is 16.2. The molecule has 1 aliphatic rings. The van der Waals surface area contributed by atoms with Crippen LogP contribution in [-0.4, -0.2) is 63.6 Å². The Bertz CT molecular complexity index is 1320. The second-order valence-electron chi connectivity index (χ2n) is 8.34. The van der Waals surface area contributed by atoms with Gasteiger partial charge in [-0.2, -0.15) is 0 Å². The number of hydrogen-bond donors (Lipinski definition) is 1. The van der Waals surface area contributed by atoms with Crippen molar-refractivity contribution in [2.45, 2.75) is 19.9 Å². The Morgan fingerprint density at radius 1 is 1.03 bits per heavy atom. The average Bonchev–Trinajstić information content (AvgIpc) is 2.85. The van der Waals surface area contributed by atoms with E-state index in [0.717, 1.165) is 10.1 Å². The summed E-state index contributed by atoms with van der Waals surface area (Å²) >= 11 is 0. The highest BCUT2D eigenvalue weighted by Crippen LogP contribution is 2.22. The van der Waals surface area contributed by atoms with E-state index in [2.05, 4.69) is 10.3 Å². The van der Waals surface area contributed by atoms with Gasteiger partial charge in [-0.3, -0.25) is 23.5 Å². The van der Waals surface area contributed by atoms with Crippen molar-refractivity contribution in [3.05, 3.63) is 69.0 Å². The number of rotatable bonds is 6. The number of benzene rings is 1. The van der Waals surface area contributed by atoms with E-state index in [1.807, 2.05) is 35.2 Å². The number of hydrogen-bond acceptors (Lipinski definition) is 6. The molecule has 0 unspecified atom stereocenters. The molecule has 34 heavy (non-hydrogen) atoms. The highest BCUT2D eigenvalue weighted by molar-refractivity contribution is 5.89. The highest BCUT2D eigenvalue weighted by Gasteiger charge is 2.23. The standard InChI is InChI=1S/C24H28N6O4/c1-17(31)28-12-14-29(15-13-28)19-9-11-26-22-21(19)23(33)30(24(34)27(22)2)16-20(32)25-10-8-18-6-4-3-5-7-18/h3-7,9,11H,8,10,12-16H2,1-2H3,(H,25,32). The molecule has 1 N–H and O–H groups in total. The number of carbonyl (C=O) groups excluding carboxylic acids is 2. The molecule has 178 valence electrons. The fraction of sp³-hybridized carbons (Fsp3) is 0.375. The number of aromatic nitrogens is 3. The van der Waals surface area contributed by atoms with Crippen molar-refractivity contribution in [1.29, 1.82) is 0 Å². The molecular weight excluding hydrogens is 436 g/mol. The van der Waals surface area contributed by atoms with Crippen molar-refractivity contribution in [3.63, 3.8) is 0 Å². The molecule has 3 aromatic rings. The lowest BCUT2D eigenvalue weighted by atomic mass is 10.1. The van der Waals surface area contributed by atoms with Crippen molar-refractivity contribution in [1.82, 2.24) is 24.3 Å². The predicted octanol–water partition coefficient (Wildman–Crippen LogP) is 0.123. The van der Waals surface area contributed by atoms with Crippen LogP contribution in [0.3, 0.4) is 0 Å². The molecule has 0 spiro atoms. The second-order valence-corrected chi connectivity index (χ2v) is 8.34. The molecule has 10 heteroatoms. The molecule has 0 radical (unpaired) electrons. The summed E-state index contributed by atoms with van der Waals surface area (Å²) in [4.78, 5) is 58.5. The van der Waals surface area contributed by atoms with Gasteiger partial charge in [0.25, 0.3) is 5.56 Å². The maximum absolute atomic E-state index is 13.4. The van der Waals surface area contributed by atoms with Crippen LogP contribution >= 0.6 is 0 Å². The third-order valence-electron chi connectivity index (χ3n) is 6.15. The van der Waals surface area contributed by atoms with E-state index in [0.29, 0.717) is 44.8 Å². The summed E-state index contributed by atoms with van der Waals surface area (Å²) in [6.07, 6.45) is 2.21. The van der Waals surface area contributed by atoms with Gasteiger partial charge in [0.05, 0.1) is 5.69 Å². The van der Waals surface area contributed by atoms with Gasteiger partial charge in [-0.25, -0.2) is 9.78 Å². The fourth-order valence-electron chi connectivity index (χ4n) is 4.25. The van der Waals surface area contributed by atoms with Gasteiger partial charge in [0.2, 0.25) is 11.8 Å². The summed E-state index contributed by atoms with van der Waals surface area (Å²) in [6, 6.07) is 11.5. The van der Waals surface area contributed by atoms with Crippen LogP contribution in [0.1, 0.15) is 12.5 Å². The van der Waals surface area contributed by atoms with Crippen molar-refractivity contribution < 1.29 is 9.59 Å². The number of anilines is 1. The molecular formula is C24H28N6O4. The SMILES string of the molecule is CC(=O)N1CCN(c2ccnc3c2c(=O)n(CC(=O)NCCc2ccccc2)c(=O)n3C)CC1. The van der Waals surface area contributed by atoms with Crippen molar-refractivity contribution in [2.75, 3.05) is 37.6 Å². The zero-order chi connectivity index (χ0) is 24.2. The van der Waals surface area contributed by atoms with Gasteiger partial charge in [0, 0.05) is 52.9 Å². The van der Waals surface area contributed by atoms with Gasteiger partial charge in [0.1, 0.15) is 11.9 Å². The summed E-state index contributed by atoms with van der Waals surface area (Å²) in [5.74, 6) is -0.391. The van der Waals surface area contributed by atoms with Crippen LogP contribution in [0.5, 0.6) is 0 Å². The number of nitrogens with one attached hydrogen (secondary N) is 1. The zero-order valence-corrected chi connectivity index (χ0v) is 19.4. The molecule has 0 atom stereocenters. The van der Waals surface area contributed by atoms with Crippen molar-refractivity contribution in [3.8, 4) is 0 Å². The normalized spacial score (nSPS) is 13.8. The van der Waals surface area contributed by atoms with E-state index in [9.17, 15) is 19.2 Å². The topological polar surface area (TPSA) is 110 Å². The van der Waals surface area contributed by atoms with Gasteiger partial charge >= 0.3 is 5.69 Å². The number of aryl methyl sites for hydroxylation is 1. The Hall–Kier alpha value is -3.95. The minimum Gasteiger partial charge on any atom is -0.367 e. The van der Waals surface area contributed by atoms with Gasteiger partial charge < -0.3 is 15.1 Å². The van der Waals surface area contributed by atoms with Crippen LogP contribution in [0, 0.1) is 0 Å². The smallest absolute Gasteiger partial charge is 0.332 e. The van der Waals surface area contributed by atoms with Gasteiger partial charge in [0.15, 0.2) is 5.65 Å². The van der Waals surface area contributed by atoms with Crippen LogP contribution in [0.2, 0.25) is 0 Å². The van der Waals surface area contributed by atoms with Crippen LogP contribution < -0.4 is 21.5 Å². The van der Waals surface area contributed by atoms with Crippen LogP contribution in [-0.2, 0) is 29.6 Å². The first-order valence-electron chi connectivity index (χ1n) is 11.3. The van der Waals surface area contributed by atoms with Crippen LogP contribution in [0.15, 0.2) is 52.2 Å². The Balaban J connectivity index is 1.59. The first kappa shape index (κ1) is 23.2. The molecule has 2 amide bonds. The summed E-state index contributed by atoms with van der Waals surface area (Å²) < 4.78 is 2.25. The largest absolute Gasteiger partial charge is 0.367 e. The van der Waals surface area contributed by atoms with Gasteiger partial charge in [-0.05, 0) is 18.1 Å². The lowest BCUT2D eigenvalue weighted by Gasteiger charge is -2.36. The van der Waals surface area contributed by atoms with E-state index >= 15 is 0 Å². The minimum absolute atomic E-state index is 0.0160. The summed E-state index contributed by atoms with van der Waals surface area (Å²) in [5.41, 5.74) is 0.853. The van der Waals surface area contributed by atoms with E-state index < -0.39 is 17.2 Å². The summed E-state index contributed by atoms with van der Waals surface area (Å²) in [5, 5.41) is 3.07. The number of pyridine rings is 1. The van der Waals surface area contributed by atoms with E-state index in [4.69, 9.17) is 0 Å². The van der Waals surface area contributed by atoms with Crippen molar-refractivity contribution >= 4 is 28.5 Å². The molecule has 0 saturated carbocycles. The van der Waals surface area contributed by atoms with Crippen LogP contribution in [0.25, 0.3) is 11.0 Å². The first-order valence-corrected chi connectivity index (χ1v) is 11.3. The molecule has 0 bridgehead atoms. The number of amides is 2. The molecule has 2 aromatic heterocycles. The maximum atomic E-state index is 13.4. The maximum Gasteiger partial charge on any atom is 0.332 e. The Kier molecular flexibility index (Phi) is 6.76. The van der Waals surface area contributed by atoms with E-state index in [1.165, 1.54) is 11.5 Å². The molecule has 1 fully saturated rings. The molecule has 3 heterocycles. The quantitative estimate of drug-likeness (QED) is 0.555. The molecule has 1 aromatic carbocycles. The average molecular weight is 465 g/mol. The monoisotopic (exact) mass is 464 g/mol. The predicted molar refractivity (Wildman–Crippen MR) is 129 cm³/mol. The zero-order valence-electron chi connectivity index (χ0n) is 19.4. The van der Waals surface area contributed by atoms with E-state index in [-0.39, 0.29) is 23.5 Å². The molecule has 0 aliphatic carbocycles. The number of carbonyl (C=O) groups is 2. The molecule has 4 rings (SSSR count). The molecule has 10 nitrogen and oxygen atoms in total. The first-order chi connectivity index (χ1) is 16.4. The lowest BCUT2D eigenvalue weighted by molar-refractivity contribution is -0.129.